The molecule has 1 rings (SSSR count). The number of hydrogen-bond acceptors (Lipinski definition) is 3. The number of carbonyl (C=O) groups excluding carboxylic acids is 1. The van der Waals surface area contributed by atoms with Crippen LogP contribution in [0.4, 0.5) is 13.2 Å². The van der Waals surface area contributed by atoms with E-state index in [0.29, 0.717) is 6.26 Å². The number of rotatable bonds is 1. The van der Waals surface area contributed by atoms with Gasteiger partial charge in [0.1, 0.15) is 11.8 Å². The highest BCUT2D eigenvalue weighted by Gasteiger charge is 2.36. The number of aromatic nitrogens is 1. The zero-order valence-electron chi connectivity index (χ0n) is 5.05. The number of halogens is 3. The molecule has 0 saturated carbocycles. The van der Waals surface area contributed by atoms with Crippen LogP contribution in [-0.4, -0.2) is 11.4 Å². The number of hydrogen-bond donors (Lipinski definition) is 0. The molecule has 0 aromatic carbocycles. The van der Waals surface area contributed by atoms with Crippen molar-refractivity contribution in [3.63, 3.8) is 0 Å². The van der Waals surface area contributed by atoms with E-state index in [1.54, 1.807) is 0 Å². The van der Waals surface area contributed by atoms with E-state index >= 15 is 0 Å². The summed E-state index contributed by atoms with van der Waals surface area (Å²) in [7, 11) is 0. The van der Waals surface area contributed by atoms with Crippen molar-refractivity contribution in [1.29, 1.82) is 0 Å². The molecular formula is C5H2F3NO2. The van der Waals surface area contributed by atoms with Crippen LogP contribution in [-0.2, 0) is 6.18 Å². The predicted molar refractivity (Wildman–Crippen MR) is 26.9 cm³/mol. The Balaban J connectivity index is 3.12. The average molecular weight is 165 g/mol. The Kier molecular flexibility index (Phi) is 1.67. The van der Waals surface area contributed by atoms with Crippen LogP contribution in [0.2, 0.25) is 0 Å². The van der Waals surface area contributed by atoms with Crippen LogP contribution in [0.25, 0.3) is 0 Å². The second-order valence-corrected chi connectivity index (χ2v) is 1.73. The third-order valence-corrected chi connectivity index (χ3v) is 1.01. The lowest BCUT2D eigenvalue weighted by atomic mass is 10.2. The van der Waals surface area contributed by atoms with E-state index in [2.05, 4.69) is 9.68 Å². The summed E-state index contributed by atoms with van der Waals surface area (Å²) in [5.41, 5.74) is -1.87. The van der Waals surface area contributed by atoms with Crippen molar-refractivity contribution in [3.05, 3.63) is 17.5 Å². The SMILES string of the molecule is O=Cc1nocc1C(F)(F)F. The number of aldehydes is 1. The maximum absolute atomic E-state index is 11.8. The minimum atomic E-state index is -4.57. The third-order valence-electron chi connectivity index (χ3n) is 1.01. The number of nitrogens with zero attached hydrogens (tertiary/aromatic N) is 1. The van der Waals surface area contributed by atoms with Crippen LogP contribution in [0.15, 0.2) is 10.8 Å². The summed E-state index contributed by atoms with van der Waals surface area (Å²) in [5, 5.41) is 2.84. The molecule has 0 aliphatic rings. The van der Waals surface area contributed by atoms with Gasteiger partial charge >= 0.3 is 6.18 Å². The van der Waals surface area contributed by atoms with Gasteiger partial charge in [-0.05, 0) is 0 Å². The quantitative estimate of drug-likeness (QED) is 0.592. The van der Waals surface area contributed by atoms with Gasteiger partial charge in [0, 0.05) is 0 Å². The van der Waals surface area contributed by atoms with Crippen LogP contribution >= 0.6 is 0 Å². The molecule has 0 radical (unpaired) electrons. The van der Waals surface area contributed by atoms with E-state index in [0.717, 1.165) is 0 Å². The van der Waals surface area contributed by atoms with Gasteiger partial charge < -0.3 is 4.52 Å². The minimum absolute atomic E-state index is 0.00762. The Morgan fingerprint density at radius 3 is 2.55 bits per heavy atom. The fourth-order valence-corrected chi connectivity index (χ4v) is 0.542. The summed E-state index contributed by atoms with van der Waals surface area (Å²) < 4.78 is 39.4. The molecule has 0 atom stereocenters. The second-order valence-electron chi connectivity index (χ2n) is 1.73. The first kappa shape index (κ1) is 7.77. The third kappa shape index (κ3) is 1.39. The van der Waals surface area contributed by atoms with Crippen LogP contribution in [0.1, 0.15) is 16.1 Å². The van der Waals surface area contributed by atoms with E-state index in [1.165, 1.54) is 0 Å². The van der Waals surface area contributed by atoms with Gasteiger partial charge in [0.2, 0.25) is 0 Å². The minimum Gasteiger partial charge on any atom is -0.363 e. The highest BCUT2D eigenvalue weighted by Crippen LogP contribution is 2.30. The first-order chi connectivity index (χ1) is 5.05. The van der Waals surface area contributed by atoms with Crippen LogP contribution in [0.5, 0.6) is 0 Å². The van der Waals surface area contributed by atoms with Crippen LogP contribution in [0, 0.1) is 0 Å². The fraction of sp³-hybridized carbons (Fsp3) is 0.200. The van der Waals surface area contributed by atoms with Crippen LogP contribution < -0.4 is 0 Å². The summed E-state index contributed by atoms with van der Waals surface area (Å²) in [6, 6.07) is 0. The van der Waals surface area contributed by atoms with E-state index < -0.39 is 17.4 Å². The van der Waals surface area contributed by atoms with E-state index in [9.17, 15) is 18.0 Å². The van der Waals surface area contributed by atoms with Gasteiger partial charge in [-0.15, -0.1) is 0 Å². The van der Waals surface area contributed by atoms with E-state index in [-0.39, 0.29) is 6.29 Å². The van der Waals surface area contributed by atoms with Gasteiger partial charge in [-0.3, -0.25) is 4.79 Å². The predicted octanol–water partition coefficient (Wildman–Crippen LogP) is 1.51. The zero-order chi connectivity index (χ0) is 8.48. The summed E-state index contributed by atoms with van der Waals surface area (Å²) in [6.07, 6.45) is -4.19. The molecular weight excluding hydrogens is 163 g/mol. The maximum atomic E-state index is 11.8. The molecule has 0 aliphatic heterocycles. The Morgan fingerprint density at radius 1 is 1.55 bits per heavy atom. The summed E-state index contributed by atoms with van der Waals surface area (Å²) in [5.74, 6) is 0. The molecule has 0 unspecified atom stereocenters. The molecule has 60 valence electrons. The molecule has 1 aromatic rings. The molecule has 11 heavy (non-hydrogen) atoms. The molecule has 0 bridgehead atoms. The highest BCUT2D eigenvalue weighted by molar-refractivity contribution is 5.73. The van der Waals surface area contributed by atoms with Crippen molar-refractivity contribution in [2.75, 3.05) is 0 Å². The van der Waals surface area contributed by atoms with E-state index in [1.807, 2.05) is 0 Å². The Bertz CT molecular complexity index is 265. The molecule has 0 aliphatic carbocycles. The average Bonchev–Trinajstić information content (AvgIpc) is 2.31. The molecule has 1 aromatic heterocycles. The van der Waals surface area contributed by atoms with Crippen molar-refractivity contribution in [2.45, 2.75) is 6.18 Å². The topological polar surface area (TPSA) is 43.1 Å². The van der Waals surface area contributed by atoms with Crippen LogP contribution in [0.3, 0.4) is 0 Å². The normalized spacial score (nSPS) is 11.5. The molecule has 0 N–H and O–H groups in total. The van der Waals surface area contributed by atoms with Crippen molar-refractivity contribution < 1.29 is 22.5 Å². The van der Waals surface area contributed by atoms with Crippen molar-refractivity contribution in [1.82, 2.24) is 5.16 Å². The summed E-state index contributed by atoms with van der Waals surface area (Å²) in [4.78, 5) is 9.91. The van der Waals surface area contributed by atoms with Gasteiger partial charge in [0.15, 0.2) is 12.0 Å². The van der Waals surface area contributed by atoms with Gasteiger partial charge in [-0.1, -0.05) is 5.16 Å². The lowest BCUT2D eigenvalue weighted by Gasteiger charge is -2.00. The zero-order valence-corrected chi connectivity index (χ0v) is 5.05. The van der Waals surface area contributed by atoms with E-state index in [4.69, 9.17) is 0 Å². The Labute approximate surface area is 58.8 Å². The van der Waals surface area contributed by atoms with Gasteiger partial charge in [0.25, 0.3) is 0 Å². The largest absolute Gasteiger partial charge is 0.421 e. The van der Waals surface area contributed by atoms with Gasteiger partial charge in [0.05, 0.1) is 0 Å². The number of alkyl halides is 3. The Morgan fingerprint density at radius 2 is 2.18 bits per heavy atom. The van der Waals surface area contributed by atoms with Crippen molar-refractivity contribution >= 4 is 6.29 Å². The highest BCUT2D eigenvalue weighted by atomic mass is 19.4. The first-order valence-corrected chi connectivity index (χ1v) is 2.52. The lowest BCUT2D eigenvalue weighted by Crippen LogP contribution is -2.06. The van der Waals surface area contributed by atoms with Gasteiger partial charge in [-0.2, -0.15) is 13.2 Å². The summed E-state index contributed by atoms with van der Waals surface area (Å²) in [6.45, 7) is 0. The van der Waals surface area contributed by atoms with Gasteiger partial charge in [-0.25, -0.2) is 0 Å². The molecule has 3 nitrogen and oxygen atoms in total. The van der Waals surface area contributed by atoms with Crippen molar-refractivity contribution in [3.8, 4) is 0 Å². The standard InChI is InChI=1S/C5H2F3NO2/c6-5(7,8)3-2-11-9-4(3)1-10/h1-2H. The second kappa shape index (κ2) is 2.37. The maximum Gasteiger partial charge on any atom is 0.421 e. The fourth-order valence-electron chi connectivity index (χ4n) is 0.542. The smallest absolute Gasteiger partial charge is 0.363 e. The summed E-state index contributed by atoms with van der Waals surface area (Å²) >= 11 is 0. The molecule has 0 spiro atoms. The van der Waals surface area contributed by atoms with Crippen molar-refractivity contribution in [2.24, 2.45) is 0 Å². The lowest BCUT2D eigenvalue weighted by molar-refractivity contribution is -0.138. The molecule has 0 amide bonds. The monoisotopic (exact) mass is 165 g/mol. The molecule has 6 heteroatoms. The molecule has 1 heterocycles. The first-order valence-electron chi connectivity index (χ1n) is 2.52. The number of carbonyl (C=O) groups is 1. The molecule has 0 fully saturated rings. The molecule has 0 saturated heterocycles. The Hall–Kier alpha value is -1.33.